The van der Waals surface area contributed by atoms with Crippen molar-refractivity contribution in [1.29, 1.82) is 0 Å². The predicted octanol–water partition coefficient (Wildman–Crippen LogP) is -1.60. The molecule has 0 aromatic carbocycles. The number of rotatable bonds is 5. The van der Waals surface area contributed by atoms with E-state index in [1.807, 2.05) is 0 Å². The van der Waals surface area contributed by atoms with Crippen molar-refractivity contribution in [2.45, 2.75) is 6.92 Å². The summed E-state index contributed by atoms with van der Waals surface area (Å²) in [7, 11) is -3.43. The van der Waals surface area contributed by atoms with Gasteiger partial charge < -0.3 is 10.4 Å². The molecule has 0 aromatic rings. The third-order valence-electron chi connectivity index (χ3n) is 3.13. The molecule has 1 aliphatic heterocycles. The first kappa shape index (κ1) is 16.9. The zero-order valence-corrected chi connectivity index (χ0v) is 12.5. The van der Waals surface area contributed by atoms with Crippen molar-refractivity contribution < 1.29 is 23.1 Å². The summed E-state index contributed by atoms with van der Waals surface area (Å²) in [6.07, 6.45) is 1.06. The molecule has 1 unspecified atom stereocenters. The minimum atomic E-state index is -3.43. The predicted molar refractivity (Wildman–Crippen MR) is 72.7 cm³/mol. The van der Waals surface area contributed by atoms with Gasteiger partial charge in [-0.15, -0.1) is 0 Å². The van der Waals surface area contributed by atoms with Crippen LogP contribution in [0.25, 0.3) is 0 Å². The highest BCUT2D eigenvalue weighted by Crippen LogP contribution is 2.12. The number of likely N-dealkylation sites (N-methyl/N-ethyl adjacent to an activating group) is 1. The summed E-state index contributed by atoms with van der Waals surface area (Å²) in [5.74, 6) is -2.08. The Kier molecular flexibility index (Phi) is 5.90. The number of hydrogen-bond donors (Lipinski definition) is 2. The zero-order chi connectivity index (χ0) is 15.3. The van der Waals surface area contributed by atoms with E-state index in [0.717, 1.165) is 10.6 Å². The minimum Gasteiger partial charge on any atom is -0.481 e. The monoisotopic (exact) mass is 307 g/mol. The van der Waals surface area contributed by atoms with Gasteiger partial charge in [-0.1, -0.05) is 0 Å². The number of nitrogens with one attached hydrogen (secondary N) is 1. The van der Waals surface area contributed by atoms with Crippen LogP contribution in [0.2, 0.25) is 0 Å². The molecule has 0 aliphatic carbocycles. The molecule has 0 radical (unpaired) electrons. The summed E-state index contributed by atoms with van der Waals surface area (Å²) in [5.41, 5.74) is 0. The van der Waals surface area contributed by atoms with Gasteiger partial charge >= 0.3 is 5.97 Å². The lowest BCUT2D eigenvalue weighted by Gasteiger charge is -2.20. The molecular formula is C11H21N3O5S. The van der Waals surface area contributed by atoms with Crippen molar-refractivity contribution in [3.63, 3.8) is 0 Å². The number of hydrogen-bond acceptors (Lipinski definition) is 5. The number of amides is 1. The van der Waals surface area contributed by atoms with E-state index in [4.69, 9.17) is 5.11 Å². The molecule has 1 fully saturated rings. The average Bonchev–Trinajstić information content (AvgIpc) is 2.51. The van der Waals surface area contributed by atoms with Gasteiger partial charge in [0.25, 0.3) is 0 Å². The van der Waals surface area contributed by atoms with Gasteiger partial charge in [0, 0.05) is 32.7 Å². The molecule has 0 aromatic heterocycles. The van der Waals surface area contributed by atoms with Crippen LogP contribution in [0, 0.1) is 5.92 Å². The van der Waals surface area contributed by atoms with Crippen LogP contribution in [0.5, 0.6) is 0 Å². The molecule has 1 saturated heterocycles. The Labute approximate surface area is 118 Å². The van der Waals surface area contributed by atoms with Crippen molar-refractivity contribution in [3.05, 3.63) is 0 Å². The Hall–Kier alpha value is -1.19. The minimum absolute atomic E-state index is 0.0555. The van der Waals surface area contributed by atoms with Crippen LogP contribution in [-0.2, 0) is 19.6 Å². The molecule has 9 heteroatoms. The molecule has 20 heavy (non-hydrogen) atoms. The summed E-state index contributed by atoms with van der Waals surface area (Å²) >= 11 is 0. The molecule has 116 valence electrons. The van der Waals surface area contributed by atoms with Gasteiger partial charge in [-0.05, 0) is 6.92 Å². The molecule has 0 spiro atoms. The van der Waals surface area contributed by atoms with Crippen molar-refractivity contribution >= 4 is 21.9 Å². The highest BCUT2D eigenvalue weighted by Gasteiger charge is 2.31. The molecule has 8 nitrogen and oxygen atoms in total. The normalized spacial score (nSPS) is 22.2. The molecule has 1 heterocycles. The maximum atomic E-state index is 11.6. The summed E-state index contributed by atoms with van der Waals surface area (Å²) in [4.78, 5) is 24.4. The zero-order valence-electron chi connectivity index (χ0n) is 11.7. The lowest BCUT2D eigenvalue weighted by molar-refractivity contribution is -0.142. The Balaban J connectivity index is 2.77. The van der Waals surface area contributed by atoms with Crippen molar-refractivity contribution in [1.82, 2.24) is 14.5 Å². The molecule has 2 N–H and O–H groups in total. The lowest BCUT2D eigenvalue weighted by atomic mass is 10.1. The first-order valence-corrected chi connectivity index (χ1v) is 8.25. The second kappa shape index (κ2) is 7.00. The molecule has 0 saturated carbocycles. The SMILES string of the molecule is CCNC(=O)CN1CCN(S(C)(=O)=O)CC(C(=O)O)C1. The maximum Gasteiger partial charge on any atom is 0.309 e. The maximum absolute atomic E-state index is 11.6. The molecule has 0 bridgehead atoms. The fourth-order valence-corrected chi connectivity index (χ4v) is 2.97. The number of carbonyl (C=O) groups is 2. The quantitative estimate of drug-likeness (QED) is 0.633. The third-order valence-corrected chi connectivity index (χ3v) is 4.40. The third kappa shape index (κ3) is 5.06. The molecule has 1 atom stereocenters. The first-order valence-electron chi connectivity index (χ1n) is 6.41. The van der Waals surface area contributed by atoms with Crippen LogP contribution in [0.4, 0.5) is 0 Å². The van der Waals surface area contributed by atoms with E-state index in [9.17, 15) is 18.0 Å². The Bertz CT molecular complexity index is 465. The number of sulfonamides is 1. The fraction of sp³-hybridized carbons (Fsp3) is 0.818. The fourth-order valence-electron chi connectivity index (χ4n) is 2.11. The van der Waals surface area contributed by atoms with E-state index >= 15 is 0 Å². The van der Waals surface area contributed by atoms with Crippen molar-refractivity contribution in [2.75, 3.05) is 45.5 Å². The topological polar surface area (TPSA) is 107 Å². The van der Waals surface area contributed by atoms with Gasteiger partial charge in [0.1, 0.15) is 0 Å². The second-order valence-corrected chi connectivity index (χ2v) is 6.83. The van der Waals surface area contributed by atoms with Crippen LogP contribution in [0.3, 0.4) is 0 Å². The molecule has 1 rings (SSSR count). The number of carboxylic acid groups (broad SMARTS) is 1. The van der Waals surface area contributed by atoms with E-state index in [0.29, 0.717) is 13.1 Å². The van der Waals surface area contributed by atoms with E-state index in [1.165, 1.54) is 0 Å². The number of carbonyl (C=O) groups excluding carboxylic acids is 1. The number of nitrogens with zero attached hydrogens (tertiary/aromatic N) is 2. The van der Waals surface area contributed by atoms with Gasteiger partial charge in [0.15, 0.2) is 0 Å². The van der Waals surface area contributed by atoms with Crippen LogP contribution in [0.1, 0.15) is 6.92 Å². The Morgan fingerprint density at radius 3 is 2.45 bits per heavy atom. The highest BCUT2D eigenvalue weighted by atomic mass is 32.2. The summed E-state index contributed by atoms with van der Waals surface area (Å²) in [6, 6.07) is 0. The standard InChI is InChI=1S/C11H21N3O5S/c1-3-12-10(15)8-13-4-5-14(20(2,18)19)7-9(6-13)11(16)17/h9H,3-8H2,1-2H3,(H,12,15)(H,16,17). The lowest BCUT2D eigenvalue weighted by Crippen LogP contribution is -2.41. The highest BCUT2D eigenvalue weighted by molar-refractivity contribution is 7.88. The van der Waals surface area contributed by atoms with Gasteiger partial charge in [0.05, 0.1) is 18.7 Å². The van der Waals surface area contributed by atoms with E-state index in [2.05, 4.69) is 5.32 Å². The van der Waals surface area contributed by atoms with E-state index in [-0.39, 0.29) is 32.1 Å². The molecule has 1 amide bonds. The smallest absolute Gasteiger partial charge is 0.309 e. The van der Waals surface area contributed by atoms with Crippen LogP contribution in [0.15, 0.2) is 0 Å². The van der Waals surface area contributed by atoms with Gasteiger partial charge in [0.2, 0.25) is 15.9 Å². The largest absolute Gasteiger partial charge is 0.481 e. The Morgan fingerprint density at radius 2 is 1.95 bits per heavy atom. The molecular weight excluding hydrogens is 286 g/mol. The van der Waals surface area contributed by atoms with Gasteiger partial charge in [-0.25, -0.2) is 8.42 Å². The van der Waals surface area contributed by atoms with Crippen LogP contribution >= 0.6 is 0 Å². The van der Waals surface area contributed by atoms with Crippen molar-refractivity contribution in [3.8, 4) is 0 Å². The second-order valence-electron chi connectivity index (χ2n) is 4.84. The average molecular weight is 307 g/mol. The Morgan fingerprint density at radius 1 is 1.30 bits per heavy atom. The van der Waals surface area contributed by atoms with Gasteiger partial charge in [-0.2, -0.15) is 4.31 Å². The summed E-state index contributed by atoms with van der Waals surface area (Å²) in [6.45, 7) is 3.03. The van der Waals surface area contributed by atoms with Crippen LogP contribution in [-0.4, -0.2) is 80.1 Å². The van der Waals surface area contributed by atoms with E-state index < -0.39 is 21.9 Å². The number of aliphatic carboxylic acids is 1. The first-order chi connectivity index (χ1) is 9.24. The van der Waals surface area contributed by atoms with Crippen LogP contribution < -0.4 is 5.32 Å². The molecule has 1 aliphatic rings. The number of carboxylic acids is 1. The summed E-state index contributed by atoms with van der Waals surface area (Å²) < 4.78 is 24.3. The van der Waals surface area contributed by atoms with Gasteiger partial charge in [-0.3, -0.25) is 14.5 Å². The van der Waals surface area contributed by atoms with E-state index in [1.54, 1.807) is 11.8 Å². The summed E-state index contributed by atoms with van der Waals surface area (Å²) in [5, 5.41) is 11.8. The van der Waals surface area contributed by atoms with Crippen molar-refractivity contribution in [2.24, 2.45) is 5.92 Å².